The summed E-state index contributed by atoms with van der Waals surface area (Å²) in [6.07, 6.45) is 1.34. The summed E-state index contributed by atoms with van der Waals surface area (Å²) >= 11 is 0. The van der Waals surface area contributed by atoms with Crippen LogP contribution in [0.2, 0.25) is 0 Å². The van der Waals surface area contributed by atoms with Crippen molar-refractivity contribution in [3.63, 3.8) is 0 Å². The Balaban J connectivity index is 1.31. The molecule has 9 heteroatoms. The van der Waals surface area contributed by atoms with E-state index in [1.807, 2.05) is 48.5 Å². The third-order valence-corrected chi connectivity index (χ3v) is 5.63. The smallest absolute Gasteiger partial charge is 0.227 e. The Hall–Kier alpha value is -4.01. The molecule has 0 unspecified atom stereocenters. The number of nitrogens with two attached hydrogens (primary N) is 1. The minimum absolute atomic E-state index is 0.0315. The fourth-order valence-electron chi connectivity index (χ4n) is 3.72. The molecule has 1 saturated heterocycles. The number of methoxy groups -OCH3 is 1. The van der Waals surface area contributed by atoms with Crippen molar-refractivity contribution in [1.82, 2.24) is 10.1 Å². The maximum Gasteiger partial charge on any atom is 0.227 e. The van der Waals surface area contributed by atoms with Crippen molar-refractivity contribution in [2.75, 3.05) is 25.5 Å². The topological polar surface area (TPSA) is 127 Å². The van der Waals surface area contributed by atoms with Gasteiger partial charge in [0.1, 0.15) is 23.8 Å². The molecule has 0 aliphatic carbocycles. The van der Waals surface area contributed by atoms with Crippen molar-refractivity contribution in [2.45, 2.75) is 19.4 Å². The molecule has 9 nitrogen and oxygen atoms in total. The van der Waals surface area contributed by atoms with Crippen LogP contribution in [0.4, 0.5) is 5.69 Å². The number of carbonyl (C=O) groups excluding carboxylic acids is 1. The summed E-state index contributed by atoms with van der Waals surface area (Å²) in [5, 5.41) is 14.5. The summed E-state index contributed by atoms with van der Waals surface area (Å²) in [5.41, 5.74) is 7.75. The van der Waals surface area contributed by atoms with Crippen LogP contribution < -0.4 is 20.5 Å². The first-order valence-electron chi connectivity index (χ1n) is 10.7. The maximum atomic E-state index is 12.6. The summed E-state index contributed by atoms with van der Waals surface area (Å²) in [5.74, 6) is 1.96. The molecule has 1 aliphatic heterocycles. The molecule has 2 heterocycles. The number of hydrogen-bond acceptors (Lipinski definition) is 6. The van der Waals surface area contributed by atoms with Crippen LogP contribution in [0.15, 0.2) is 59.1 Å². The number of nitrogens with zero attached hydrogens (tertiary/aromatic N) is 2. The zero-order chi connectivity index (χ0) is 23.2. The SMILES string of the molecule is COc1ccc(-c2cc(COc3cccc(NC(=O)C4CCN(C(=N)N)CC4)c3)no2)cc1. The zero-order valence-electron chi connectivity index (χ0n) is 18.4. The van der Waals surface area contributed by atoms with Crippen LogP contribution in [0.5, 0.6) is 11.5 Å². The maximum absolute atomic E-state index is 12.6. The van der Waals surface area contributed by atoms with Gasteiger partial charge in [-0.1, -0.05) is 11.2 Å². The Morgan fingerprint density at radius 2 is 1.94 bits per heavy atom. The number of guanidine groups is 1. The van der Waals surface area contributed by atoms with Crippen molar-refractivity contribution in [3.05, 3.63) is 60.3 Å². The van der Waals surface area contributed by atoms with Gasteiger partial charge in [0.15, 0.2) is 11.7 Å². The molecule has 0 bridgehead atoms. The van der Waals surface area contributed by atoms with Crippen molar-refractivity contribution in [1.29, 1.82) is 5.41 Å². The molecule has 0 radical (unpaired) electrons. The van der Waals surface area contributed by atoms with Gasteiger partial charge in [-0.05, 0) is 49.2 Å². The monoisotopic (exact) mass is 449 g/mol. The minimum Gasteiger partial charge on any atom is -0.497 e. The van der Waals surface area contributed by atoms with Crippen molar-refractivity contribution in [2.24, 2.45) is 11.7 Å². The van der Waals surface area contributed by atoms with Gasteiger partial charge in [0.25, 0.3) is 0 Å². The zero-order valence-corrected chi connectivity index (χ0v) is 18.4. The fourth-order valence-corrected chi connectivity index (χ4v) is 3.72. The van der Waals surface area contributed by atoms with Crippen LogP contribution in [-0.2, 0) is 11.4 Å². The molecule has 33 heavy (non-hydrogen) atoms. The first kappa shape index (κ1) is 22.2. The van der Waals surface area contributed by atoms with Gasteiger partial charge in [-0.25, -0.2) is 0 Å². The molecular weight excluding hydrogens is 422 g/mol. The molecule has 4 rings (SSSR count). The lowest BCUT2D eigenvalue weighted by molar-refractivity contribution is -0.121. The molecule has 0 spiro atoms. The number of carbonyl (C=O) groups is 1. The molecular formula is C24H27N5O4. The van der Waals surface area contributed by atoms with Crippen LogP contribution in [0.25, 0.3) is 11.3 Å². The molecule has 1 aromatic heterocycles. The number of aromatic nitrogens is 1. The van der Waals surface area contributed by atoms with Crippen LogP contribution in [-0.4, -0.2) is 42.1 Å². The first-order chi connectivity index (χ1) is 16.0. The quantitative estimate of drug-likeness (QED) is 0.372. The second-order valence-corrected chi connectivity index (χ2v) is 7.86. The molecule has 0 saturated carbocycles. The second kappa shape index (κ2) is 10.1. The predicted molar refractivity (Wildman–Crippen MR) is 124 cm³/mol. The molecule has 3 aromatic rings. The number of benzene rings is 2. The largest absolute Gasteiger partial charge is 0.497 e. The van der Waals surface area contributed by atoms with Gasteiger partial charge in [-0.2, -0.15) is 0 Å². The Morgan fingerprint density at radius 1 is 1.18 bits per heavy atom. The molecule has 0 atom stereocenters. The molecule has 1 aliphatic rings. The number of likely N-dealkylation sites (tertiary alicyclic amines) is 1. The number of amides is 1. The summed E-state index contributed by atoms with van der Waals surface area (Å²) in [6.45, 7) is 1.47. The number of anilines is 1. The highest BCUT2D eigenvalue weighted by atomic mass is 16.5. The number of piperidine rings is 1. The summed E-state index contributed by atoms with van der Waals surface area (Å²) in [4.78, 5) is 14.4. The van der Waals surface area contributed by atoms with Crippen LogP contribution in [0.3, 0.4) is 0 Å². The third-order valence-electron chi connectivity index (χ3n) is 5.63. The average Bonchev–Trinajstić information content (AvgIpc) is 3.32. The lowest BCUT2D eigenvalue weighted by Gasteiger charge is -2.31. The van der Waals surface area contributed by atoms with Gasteiger partial charge in [0.2, 0.25) is 5.91 Å². The Kier molecular flexibility index (Phi) is 6.77. The molecule has 2 aromatic carbocycles. The van der Waals surface area contributed by atoms with Crippen molar-refractivity contribution < 1.29 is 18.8 Å². The van der Waals surface area contributed by atoms with E-state index in [9.17, 15) is 4.79 Å². The van der Waals surface area contributed by atoms with Gasteiger partial charge in [-0.3, -0.25) is 10.2 Å². The van der Waals surface area contributed by atoms with Gasteiger partial charge in [0, 0.05) is 42.4 Å². The number of ether oxygens (including phenoxy) is 2. The predicted octanol–water partition coefficient (Wildman–Crippen LogP) is 3.47. The summed E-state index contributed by atoms with van der Waals surface area (Å²) in [7, 11) is 1.62. The van der Waals surface area contributed by atoms with Gasteiger partial charge in [-0.15, -0.1) is 0 Å². The van der Waals surface area contributed by atoms with E-state index in [0.29, 0.717) is 48.8 Å². The van der Waals surface area contributed by atoms with Crippen LogP contribution >= 0.6 is 0 Å². The Bertz CT molecular complexity index is 1100. The normalized spacial score (nSPS) is 14.0. The summed E-state index contributed by atoms with van der Waals surface area (Å²) < 4.78 is 16.4. The molecule has 4 N–H and O–H groups in total. The minimum atomic E-state index is -0.100. The van der Waals surface area contributed by atoms with Crippen molar-refractivity contribution >= 4 is 17.6 Å². The molecule has 172 valence electrons. The van der Waals surface area contributed by atoms with E-state index in [4.69, 9.17) is 25.1 Å². The lowest BCUT2D eigenvalue weighted by Crippen LogP contribution is -2.44. The summed E-state index contributed by atoms with van der Waals surface area (Å²) in [6, 6.07) is 16.6. The lowest BCUT2D eigenvalue weighted by atomic mass is 9.96. The average molecular weight is 450 g/mol. The Morgan fingerprint density at radius 3 is 2.64 bits per heavy atom. The first-order valence-corrected chi connectivity index (χ1v) is 10.7. The number of rotatable bonds is 7. The van der Waals surface area contributed by atoms with Crippen LogP contribution in [0.1, 0.15) is 18.5 Å². The number of hydrogen-bond donors (Lipinski definition) is 3. The second-order valence-electron chi connectivity index (χ2n) is 7.86. The van der Waals surface area contributed by atoms with E-state index in [0.717, 1.165) is 11.3 Å². The van der Waals surface area contributed by atoms with Gasteiger partial charge in [0.05, 0.1) is 7.11 Å². The molecule has 1 amide bonds. The van der Waals surface area contributed by atoms with E-state index < -0.39 is 0 Å². The van der Waals surface area contributed by atoms with Gasteiger partial charge < -0.3 is 29.9 Å². The van der Waals surface area contributed by atoms with E-state index in [-0.39, 0.29) is 24.4 Å². The van der Waals surface area contributed by atoms with E-state index in [1.165, 1.54) is 0 Å². The molecule has 1 fully saturated rings. The van der Waals surface area contributed by atoms with Crippen molar-refractivity contribution in [3.8, 4) is 22.8 Å². The van der Waals surface area contributed by atoms with E-state index in [2.05, 4.69) is 10.5 Å². The van der Waals surface area contributed by atoms with E-state index >= 15 is 0 Å². The fraction of sp³-hybridized carbons (Fsp3) is 0.292. The highest BCUT2D eigenvalue weighted by Gasteiger charge is 2.25. The number of nitrogens with one attached hydrogen (secondary N) is 2. The standard InChI is InChI=1S/C24H27N5O4/c1-31-20-7-5-16(6-8-20)22-14-19(28-33-22)15-32-21-4-2-3-18(13-21)27-23(30)17-9-11-29(12-10-17)24(25)26/h2-8,13-14,17H,9-12,15H2,1H3,(H3,25,26)(H,27,30). The van der Waals surface area contributed by atoms with E-state index in [1.54, 1.807) is 18.1 Å². The highest BCUT2D eigenvalue weighted by Crippen LogP contribution is 2.25. The van der Waals surface area contributed by atoms with Crippen LogP contribution in [0, 0.1) is 11.3 Å². The van der Waals surface area contributed by atoms with Gasteiger partial charge >= 0.3 is 0 Å². The Labute approximate surface area is 192 Å². The highest BCUT2D eigenvalue weighted by molar-refractivity contribution is 5.93. The third kappa shape index (κ3) is 5.62.